The molecule has 13 heavy (non-hydrogen) atoms. The molecule has 0 saturated heterocycles. The van der Waals surface area contributed by atoms with E-state index in [1.807, 2.05) is 0 Å². The van der Waals surface area contributed by atoms with Gasteiger partial charge in [0.15, 0.2) is 0 Å². The van der Waals surface area contributed by atoms with Gasteiger partial charge in [0.25, 0.3) is 0 Å². The Morgan fingerprint density at radius 1 is 1.23 bits per heavy atom. The Morgan fingerprint density at radius 2 is 1.77 bits per heavy atom. The van der Waals surface area contributed by atoms with Crippen LogP contribution in [0.4, 0.5) is 0 Å². The van der Waals surface area contributed by atoms with Crippen LogP contribution in [0.1, 0.15) is 41.0 Å². The summed E-state index contributed by atoms with van der Waals surface area (Å²) in [4.78, 5) is 0. The molecular formula is C11H24O2. The minimum Gasteiger partial charge on any atom is -0.394 e. The number of hydrogen-bond acceptors (Lipinski definition) is 2. The third-order valence-electron chi connectivity index (χ3n) is 2.56. The molecule has 0 aromatic heterocycles. The van der Waals surface area contributed by atoms with Crippen molar-refractivity contribution in [3.05, 3.63) is 0 Å². The normalized spacial score (nSPS) is 16.6. The van der Waals surface area contributed by atoms with Crippen molar-refractivity contribution in [1.82, 2.24) is 0 Å². The second kappa shape index (κ2) is 5.61. The Labute approximate surface area is 82.3 Å². The van der Waals surface area contributed by atoms with Gasteiger partial charge in [-0.1, -0.05) is 27.7 Å². The highest BCUT2D eigenvalue weighted by atomic mass is 16.5. The van der Waals surface area contributed by atoms with Crippen LogP contribution in [0.2, 0.25) is 0 Å². The predicted molar refractivity (Wildman–Crippen MR) is 55.7 cm³/mol. The molecule has 0 bridgehead atoms. The molecule has 0 saturated carbocycles. The number of aliphatic hydroxyl groups is 1. The SMILES string of the molecule is CC(C)CC(C)(OCCO)C(C)C. The largest absolute Gasteiger partial charge is 0.394 e. The Bertz CT molecular complexity index is 132. The standard InChI is InChI=1S/C11H24O2/c1-9(2)8-11(5,10(3)4)13-7-6-12/h9-10,12H,6-8H2,1-5H3. The van der Waals surface area contributed by atoms with Gasteiger partial charge >= 0.3 is 0 Å². The van der Waals surface area contributed by atoms with E-state index in [9.17, 15) is 0 Å². The fourth-order valence-electron chi connectivity index (χ4n) is 1.55. The third kappa shape index (κ3) is 4.63. The lowest BCUT2D eigenvalue weighted by atomic mass is 9.84. The highest BCUT2D eigenvalue weighted by Gasteiger charge is 2.29. The first-order chi connectivity index (χ1) is 5.92. The van der Waals surface area contributed by atoms with Crippen LogP contribution in [-0.4, -0.2) is 23.9 Å². The lowest BCUT2D eigenvalue weighted by molar-refractivity contribution is -0.0869. The maximum atomic E-state index is 8.72. The van der Waals surface area contributed by atoms with Gasteiger partial charge in [0.2, 0.25) is 0 Å². The minimum atomic E-state index is -0.0864. The van der Waals surface area contributed by atoms with Gasteiger partial charge in [-0.3, -0.25) is 0 Å². The summed E-state index contributed by atoms with van der Waals surface area (Å²) in [5.74, 6) is 1.12. The zero-order chi connectivity index (χ0) is 10.5. The Kier molecular flexibility index (Phi) is 5.57. The molecule has 2 heteroatoms. The van der Waals surface area contributed by atoms with E-state index < -0.39 is 0 Å². The molecule has 0 amide bonds. The molecule has 0 heterocycles. The van der Waals surface area contributed by atoms with Gasteiger partial charge in [0.1, 0.15) is 0 Å². The van der Waals surface area contributed by atoms with E-state index >= 15 is 0 Å². The van der Waals surface area contributed by atoms with Crippen LogP contribution in [0.15, 0.2) is 0 Å². The van der Waals surface area contributed by atoms with Gasteiger partial charge < -0.3 is 9.84 Å². The van der Waals surface area contributed by atoms with Gasteiger partial charge in [-0.2, -0.15) is 0 Å². The summed E-state index contributed by atoms with van der Waals surface area (Å²) in [6, 6.07) is 0. The van der Waals surface area contributed by atoms with Crippen molar-refractivity contribution >= 4 is 0 Å². The molecule has 0 aliphatic carbocycles. The summed E-state index contributed by atoms with van der Waals surface area (Å²) in [6.07, 6.45) is 1.05. The smallest absolute Gasteiger partial charge is 0.0705 e. The summed E-state index contributed by atoms with van der Waals surface area (Å²) in [6.45, 7) is 11.4. The van der Waals surface area contributed by atoms with Crippen molar-refractivity contribution in [1.29, 1.82) is 0 Å². The van der Waals surface area contributed by atoms with E-state index in [0.717, 1.165) is 6.42 Å². The van der Waals surface area contributed by atoms with Gasteiger partial charge in [-0.25, -0.2) is 0 Å². The van der Waals surface area contributed by atoms with Crippen LogP contribution >= 0.6 is 0 Å². The van der Waals surface area contributed by atoms with Crippen molar-refractivity contribution in [3.63, 3.8) is 0 Å². The zero-order valence-corrected chi connectivity index (χ0v) is 9.63. The number of aliphatic hydroxyl groups excluding tert-OH is 1. The van der Waals surface area contributed by atoms with Crippen LogP contribution in [0.5, 0.6) is 0 Å². The first-order valence-corrected chi connectivity index (χ1v) is 5.17. The fourth-order valence-corrected chi connectivity index (χ4v) is 1.55. The molecule has 0 aromatic rings. The molecule has 0 aliphatic rings. The molecule has 1 N–H and O–H groups in total. The highest BCUT2D eigenvalue weighted by molar-refractivity contribution is 4.80. The quantitative estimate of drug-likeness (QED) is 0.694. The summed E-state index contributed by atoms with van der Waals surface area (Å²) < 4.78 is 5.70. The van der Waals surface area contributed by atoms with E-state index in [1.54, 1.807) is 0 Å². The van der Waals surface area contributed by atoms with Crippen molar-refractivity contribution in [3.8, 4) is 0 Å². The van der Waals surface area contributed by atoms with Crippen LogP contribution in [0.25, 0.3) is 0 Å². The van der Waals surface area contributed by atoms with Crippen LogP contribution in [0.3, 0.4) is 0 Å². The molecular weight excluding hydrogens is 164 g/mol. The molecule has 2 nitrogen and oxygen atoms in total. The fraction of sp³-hybridized carbons (Fsp3) is 1.00. The number of ether oxygens (including phenoxy) is 1. The monoisotopic (exact) mass is 188 g/mol. The molecule has 0 aromatic carbocycles. The van der Waals surface area contributed by atoms with Crippen LogP contribution in [-0.2, 0) is 4.74 Å². The summed E-state index contributed by atoms with van der Waals surface area (Å²) in [7, 11) is 0. The van der Waals surface area contributed by atoms with Crippen molar-refractivity contribution in [2.75, 3.05) is 13.2 Å². The molecule has 1 atom stereocenters. The summed E-state index contributed by atoms with van der Waals surface area (Å²) >= 11 is 0. The lowest BCUT2D eigenvalue weighted by Crippen LogP contribution is -2.37. The third-order valence-corrected chi connectivity index (χ3v) is 2.56. The summed E-state index contributed by atoms with van der Waals surface area (Å²) in [5, 5.41) is 8.72. The Morgan fingerprint density at radius 3 is 2.08 bits per heavy atom. The van der Waals surface area contributed by atoms with E-state index in [2.05, 4.69) is 34.6 Å². The molecule has 1 unspecified atom stereocenters. The second-order valence-electron chi connectivity index (χ2n) is 4.64. The van der Waals surface area contributed by atoms with E-state index in [0.29, 0.717) is 18.4 Å². The first kappa shape index (κ1) is 12.9. The highest BCUT2D eigenvalue weighted by Crippen LogP contribution is 2.28. The zero-order valence-electron chi connectivity index (χ0n) is 9.63. The molecule has 0 radical (unpaired) electrons. The Hall–Kier alpha value is -0.0800. The molecule has 80 valence electrons. The van der Waals surface area contributed by atoms with E-state index in [1.165, 1.54) is 0 Å². The van der Waals surface area contributed by atoms with E-state index in [-0.39, 0.29) is 12.2 Å². The average molecular weight is 188 g/mol. The van der Waals surface area contributed by atoms with Crippen molar-refractivity contribution in [2.45, 2.75) is 46.6 Å². The van der Waals surface area contributed by atoms with Gasteiger partial charge in [-0.05, 0) is 25.2 Å². The maximum Gasteiger partial charge on any atom is 0.0705 e. The number of hydrogen-bond donors (Lipinski definition) is 1. The molecule has 0 rings (SSSR count). The second-order valence-corrected chi connectivity index (χ2v) is 4.64. The van der Waals surface area contributed by atoms with Crippen molar-refractivity contribution < 1.29 is 9.84 Å². The maximum absolute atomic E-state index is 8.72. The Balaban J connectivity index is 4.16. The van der Waals surface area contributed by atoms with Crippen LogP contribution < -0.4 is 0 Å². The average Bonchev–Trinajstić information content (AvgIpc) is 1.99. The molecule has 0 fully saturated rings. The molecule has 0 aliphatic heterocycles. The van der Waals surface area contributed by atoms with Crippen molar-refractivity contribution in [2.24, 2.45) is 11.8 Å². The van der Waals surface area contributed by atoms with Gasteiger partial charge in [-0.15, -0.1) is 0 Å². The van der Waals surface area contributed by atoms with Gasteiger partial charge in [0, 0.05) is 0 Å². The van der Waals surface area contributed by atoms with Gasteiger partial charge in [0.05, 0.1) is 18.8 Å². The predicted octanol–water partition coefficient (Wildman–Crippen LogP) is 2.46. The lowest BCUT2D eigenvalue weighted by Gasteiger charge is -2.35. The summed E-state index contributed by atoms with van der Waals surface area (Å²) in [5.41, 5.74) is -0.0864. The minimum absolute atomic E-state index is 0.0864. The number of rotatable bonds is 6. The topological polar surface area (TPSA) is 29.5 Å². The molecule has 0 spiro atoms. The van der Waals surface area contributed by atoms with E-state index in [4.69, 9.17) is 9.84 Å². The van der Waals surface area contributed by atoms with Crippen LogP contribution in [0, 0.1) is 11.8 Å². The first-order valence-electron chi connectivity index (χ1n) is 5.17.